The number of carbonyl (C=O) groups excluding carboxylic acids is 1. The van der Waals surface area contributed by atoms with Gasteiger partial charge >= 0.3 is 5.97 Å². The van der Waals surface area contributed by atoms with Gasteiger partial charge in [-0.2, -0.15) is 0 Å². The number of nitrogens with zero attached hydrogens (tertiary/aromatic N) is 1. The van der Waals surface area contributed by atoms with Crippen molar-refractivity contribution in [2.45, 2.75) is 13.0 Å². The number of nitrogens with one attached hydrogen (secondary N) is 3. The normalized spacial score (nSPS) is 11.9. The summed E-state index contributed by atoms with van der Waals surface area (Å²) >= 11 is 4.65. The smallest absolute Gasteiger partial charge is 0.328 e. The van der Waals surface area contributed by atoms with Gasteiger partial charge in [0.05, 0.1) is 7.11 Å². The molecule has 7 nitrogen and oxygen atoms in total. The zero-order valence-corrected chi connectivity index (χ0v) is 8.97. The monoisotopic (exact) mass is 230 g/mol. The summed E-state index contributed by atoms with van der Waals surface area (Å²) in [6, 6.07) is -0.659. The molecule has 3 N–H and O–H groups in total. The summed E-state index contributed by atoms with van der Waals surface area (Å²) in [5.74, 6) is -0.500. The summed E-state index contributed by atoms with van der Waals surface area (Å²) in [6.45, 7) is 1.55. The maximum atomic E-state index is 11.3. The van der Waals surface area contributed by atoms with Gasteiger partial charge < -0.3 is 10.1 Å². The van der Waals surface area contributed by atoms with Gasteiger partial charge in [0.2, 0.25) is 5.82 Å². The van der Waals surface area contributed by atoms with E-state index in [1.165, 1.54) is 7.11 Å². The second-order valence-corrected chi connectivity index (χ2v) is 3.15. The second kappa shape index (κ2) is 4.69. The summed E-state index contributed by atoms with van der Waals surface area (Å²) in [5.41, 5.74) is -0.491. The summed E-state index contributed by atoms with van der Waals surface area (Å²) in [6.07, 6.45) is 0. The second-order valence-electron chi connectivity index (χ2n) is 2.74. The number of anilines is 1. The molecular weight excluding hydrogens is 220 g/mol. The van der Waals surface area contributed by atoms with Gasteiger partial charge in [-0.3, -0.25) is 14.9 Å². The molecule has 0 aliphatic rings. The van der Waals surface area contributed by atoms with Gasteiger partial charge in [-0.1, -0.05) is 0 Å². The molecular formula is C7H10N4O3S. The standard InChI is InChI=1S/C7H10N4O3S/c1-3(6(13)14-2)8-4-5(12)9-7(15)11-10-4/h3H,1-2H3,(H,8,10)(H2,9,11,12,15). The van der Waals surface area contributed by atoms with E-state index in [0.717, 1.165) is 0 Å². The number of aromatic nitrogens is 3. The van der Waals surface area contributed by atoms with Gasteiger partial charge in [0.25, 0.3) is 5.56 Å². The van der Waals surface area contributed by atoms with E-state index in [4.69, 9.17) is 0 Å². The third kappa shape index (κ3) is 2.88. The number of carbonyl (C=O) groups is 1. The van der Waals surface area contributed by atoms with Crippen LogP contribution in [0.3, 0.4) is 0 Å². The number of rotatable bonds is 3. The number of hydrogen-bond acceptors (Lipinski definition) is 6. The topological polar surface area (TPSA) is 99.9 Å². The lowest BCUT2D eigenvalue weighted by Gasteiger charge is -2.10. The first-order chi connectivity index (χ1) is 7.04. The first kappa shape index (κ1) is 11.4. The Balaban J connectivity index is 2.86. The maximum Gasteiger partial charge on any atom is 0.328 e. The molecule has 1 aromatic rings. The minimum Gasteiger partial charge on any atom is -0.467 e. The van der Waals surface area contributed by atoms with E-state index in [1.807, 2.05) is 0 Å². The quantitative estimate of drug-likeness (QED) is 0.491. The molecule has 0 amide bonds. The molecule has 1 atom stereocenters. The molecule has 1 heterocycles. The molecule has 82 valence electrons. The molecule has 1 rings (SSSR count). The number of hydrogen-bond donors (Lipinski definition) is 3. The molecule has 0 saturated heterocycles. The van der Waals surface area contributed by atoms with E-state index in [-0.39, 0.29) is 10.6 Å². The fourth-order valence-corrected chi connectivity index (χ4v) is 1.02. The van der Waals surface area contributed by atoms with Crippen LogP contribution in [0.2, 0.25) is 0 Å². The molecule has 0 aliphatic heterocycles. The van der Waals surface area contributed by atoms with Crippen molar-refractivity contribution in [3.63, 3.8) is 0 Å². The molecule has 1 aromatic heterocycles. The van der Waals surface area contributed by atoms with Crippen LogP contribution in [0.25, 0.3) is 0 Å². The van der Waals surface area contributed by atoms with Crippen LogP contribution in [0.1, 0.15) is 6.92 Å². The average molecular weight is 230 g/mol. The van der Waals surface area contributed by atoms with Crippen LogP contribution < -0.4 is 10.9 Å². The lowest BCUT2D eigenvalue weighted by Crippen LogP contribution is -2.31. The number of H-pyrrole nitrogens is 2. The molecule has 0 aliphatic carbocycles. The Morgan fingerprint density at radius 3 is 2.87 bits per heavy atom. The van der Waals surface area contributed by atoms with E-state index in [1.54, 1.807) is 6.92 Å². The predicted molar refractivity (Wildman–Crippen MR) is 55.1 cm³/mol. The first-order valence-electron chi connectivity index (χ1n) is 4.08. The Morgan fingerprint density at radius 2 is 2.33 bits per heavy atom. The fraction of sp³-hybridized carbons (Fsp3) is 0.429. The Morgan fingerprint density at radius 1 is 1.67 bits per heavy atom. The van der Waals surface area contributed by atoms with Gasteiger partial charge in [-0.25, -0.2) is 4.79 Å². The van der Waals surface area contributed by atoms with E-state index < -0.39 is 17.6 Å². The van der Waals surface area contributed by atoms with Crippen molar-refractivity contribution in [2.75, 3.05) is 12.4 Å². The van der Waals surface area contributed by atoms with E-state index in [9.17, 15) is 9.59 Å². The molecule has 8 heteroatoms. The van der Waals surface area contributed by atoms with Crippen LogP contribution in [0.5, 0.6) is 0 Å². The third-order valence-corrected chi connectivity index (χ3v) is 1.81. The van der Waals surface area contributed by atoms with Crippen LogP contribution in [0, 0.1) is 4.77 Å². The van der Waals surface area contributed by atoms with Crippen molar-refractivity contribution in [3.8, 4) is 0 Å². The summed E-state index contributed by atoms with van der Waals surface area (Å²) in [5, 5.41) is 8.62. The van der Waals surface area contributed by atoms with Crippen molar-refractivity contribution < 1.29 is 9.53 Å². The first-order valence-corrected chi connectivity index (χ1v) is 4.48. The van der Waals surface area contributed by atoms with Crippen LogP contribution in [0.4, 0.5) is 5.82 Å². The predicted octanol–water partition coefficient (Wildman–Crippen LogP) is -0.199. The van der Waals surface area contributed by atoms with Gasteiger partial charge in [0.15, 0.2) is 4.77 Å². The van der Waals surface area contributed by atoms with E-state index >= 15 is 0 Å². The molecule has 0 bridgehead atoms. The highest BCUT2D eigenvalue weighted by Gasteiger charge is 2.14. The molecule has 0 spiro atoms. The van der Waals surface area contributed by atoms with Crippen molar-refractivity contribution in [1.82, 2.24) is 15.2 Å². The molecule has 1 unspecified atom stereocenters. The highest BCUT2D eigenvalue weighted by atomic mass is 32.1. The lowest BCUT2D eigenvalue weighted by atomic mass is 10.3. The molecule has 0 radical (unpaired) electrons. The van der Waals surface area contributed by atoms with Crippen LogP contribution in [-0.2, 0) is 9.53 Å². The van der Waals surface area contributed by atoms with Crippen LogP contribution >= 0.6 is 12.2 Å². The number of aromatic amines is 2. The van der Waals surface area contributed by atoms with E-state index in [0.29, 0.717) is 0 Å². The number of esters is 1. The van der Waals surface area contributed by atoms with Crippen LogP contribution in [-0.4, -0.2) is 34.3 Å². The average Bonchev–Trinajstić information content (AvgIpc) is 2.20. The van der Waals surface area contributed by atoms with Gasteiger partial charge in [0.1, 0.15) is 6.04 Å². The van der Waals surface area contributed by atoms with Crippen LogP contribution in [0.15, 0.2) is 4.79 Å². The Bertz CT molecular complexity index is 466. The van der Waals surface area contributed by atoms with Gasteiger partial charge in [-0.05, 0) is 19.1 Å². The largest absolute Gasteiger partial charge is 0.467 e. The molecule has 0 aromatic carbocycles. The SMILES string of the molecule is COC(=O)C(C)Nc1n[nH]c(=S)[nH]c1=O. The Kier molecular flexibility index (Phi) is 3.56. The molecule has 0 saturated carbocycles. The zero-order valence-electron chi connectivity index (χ0n) is 8.16. The molecule has 15 heavy (non-hydrogen) atoms. The Labute approximate surface area is 89.9 Å². The van der Waals surface area contributed by atoms with Crippen molar-refractivity contribution in [2.24, 2.45) is 0 Å². The van der Waals surface area contributed by atoms with Crippen molar-refractivity contribution in [3.05, 3.63) is 15.1 Å². The van der Waals surface area contributed by atoms with Gasteiger partial charge in [-0.15, -0.1) is 5.10 Å². The minimum atomic E-state index is -0.659. The Hall–Kier alpha value is -1.70. The third-order valence-electron chi connectivity index (χ3n) is 1.62. The fourth-order valence-electron chi connectivity index (χ4n) is 0.886. The number of ether oxygens (including phenoxy) is 1. The summed E-state index contributed by atoms with van der Waals surface area (Å²) in [4.78, 5) is 24.6. The van der Waals surface area contributed by atoms with E-state index in [2.05, 4.69) is 37.5 Å². The number of methoxy groups -OCH3 is 1. The zero-order chi connectivity index (χ0) is 11.4. The van der Waals surface area contributed by atoms with Crippen molar-refractivity contribution in [1.29, 1.82) is 0 Å². The summed E-state index contributed by atoms with van der Waals surface area (Å²) in [7, 11) is 1.26. The van der Waals surface area contributed by atoms with Crippen molar-refractivity contribution >= 4 is 24.0 Å². The maximum absolute atomic E-state index is 11.3. The summed E-state index contributed by atoms with van der Waals surface area (Å²) < 4.78 is 4.60. The van der Waals surface area contributed by atoms with Gasteiger partial charge in [0, 0.05) is 0 Å². The minimum absolute atomic E-state index is 0.0125. The lowest BCUT2D eigenvalue weighted by molar-refractivity contribution is -0.141. The highest BCUT2D eigenvalue weighted by molar-refractivity contribution is 7.71. The molecule has 0 fully saturated rings. The highest BCUT2D eigenvalue weighted by Crippen LogP contribution is 1.95.